The van der Waals surface area contributed by atoms with E-state index in [4.69, 9.17) is 14.8 Å². The van der Waals surface area contributed by atoms with E-state index in [1.54, 1.807) is 47.0 Å². The van der Waals surface area contributed by atoms with E-state index >= 15 is 4.39 Å². The fourth-order valence-electron chi connectivity index (χ4n) is 5.47. The molecular formula is C32H36F2N4O3. The number of hydrogen-bond acceptors (Lipinski definition) is 6. The van der Waals surface area contributed by atoms with Crippen LogP contribution >= 0.6 is 0 Å². The van der Waals surface area contributed by atoms with Crippen LogP contribution in [0.3, 0.4) is 0 Å². The summed E-state index contributed by atoms with van der Waals surface area (Å²) >= 11 is 0. The molecule has 1 aliphatic heterocycles. The van der Waals surface area contributed by atoms with Crippen molar-refractivity contribution in [3.63, 3.8) is 0 Å². The maximum atomic E-state index is 15.5. The van der Waals surface area contributed by atoms with Crippen LogP contribution < -0.4 is 15.6 Å². The third kappa shape index (κ3) is 6.57. The number of nitrogens with zero attached hydrogens (tertiary/aromatic N) is 3. The largest absolute Gasteiger partial charge is 0.491 e. The van der Waals surface area contributed by atoms with Crippen molar-refractivity contribution in [3.8, 4) is 17.1 Å². The molecule has 1 fully saturated rings. The molecule has 41 heavy (non-hydrogen) atoms. The van der Waals surface area contributed by atoms with E-state index in [1.165, 1.54) is 18.2 Å². The van der Waals surface area contributed by atoms with Crippen LogP contribution in [0.1, 0.15) is 33.1 Å². The fraction of sp³-hybridized carbons (Fsp3) is 0.375. The molecule has 7 nitrogen and oxygen atoms in total. The van der Waals surface area contributed by atoms with Gasteiger partial charge in [0, 0.05) is 36.6 Å². The summed E-state index contributed by atoms with van der Waals surface area (Å²) in [4.78, 5) is 21.4. The van der Waals surface area contributed by atoms with E-state index in [2.05, 4.69) is 24.1 Å². The molecule has 0 saturated carbocycles. The number of likely N-dealkylation sites (tertiary alicyclic amines) is 1. The van der Waals surface area contributed by atoms with Gasteiger partial charge < -0.3 is 20.1 Å². The van der Waals surface area contributed by atoms with Crippen molar-refractivity contribution in [2.24, 2.45) is 5.92 Å². The normalized spacial score (nSPS) is 16.6. The van der Waals surface area contributed by atoms with Crippen molar-refractivity contribution >= 4 is 22.3 Å². The Hall–Kier alpha value is -3.82. The third-order valence-corrected chi connectivity index (χ3v) is 7.83. The summed E-state index contributed by atoms with van der Waals surface area (Å²) < 4.78 is 35.8. The van der Waals surface area contributed by atoms with Crippen molar-refractivity contribution in [1.29, 1.82) is 0 Å². The molecule has 0 radical (unpaired) electrons. The third-order valence-electron chi connectivity index (χ3n) is 7.83. The van der Waals surface area contributed by atoms with Gasteiger partial charge in [0.2, 0.25) is 0 Å². The number of benzene rings is 3. The predicted octanol–water partition coefficient (Wildman–Crippen LogP) is 5.97. The van der Waals surface area contributed by atoms with Crippen LogP contribution in [-0.2, 0) is 6.54 Å². The highest BCUT2D eigenvalue weighted by atomic mass is 19.1. The summed E-state index contributed by atoms with van der Waals surface area (Å²) in [6.45, 7) is 6.60. The van der Waals surface area contributed by atoms with Gasteiger partial charge in [-0.3, -0.25) is 9.36 Å². The first-order valence-corrected chi connectivity index (χ1v) is 14.2. The highest BCUT2D eigenvalue weighted by molar-refractivity contribution is 5.84. The molecule has 1 aliphatic rings. The molecule has 2 heterocycles. The van der Waals surface area contributed by atoms with Gasteiger partial charge in [-0.2, -0.15) is 0 Å². The van der Waals surface area contributed by atoms with Gasteiger partial charge in [-0.25, -0.2) is 13.8 Å². The number of aliphatic hydroxyl groups excluding tert-OH is 1. The number of nitrogens with one attached hydrogen (secondary N) is 1. The van der Waals surface area contributed by atoms with Gasteiger partial charge in [-0.15, -0.1) is 0 Å². The number of anilines is 2. The zero-order valence-corrected chi connectivity index (χ0v) is 23.4. The molecule has 5 rings (SSSR count). The van der Waals surface area contributed by atoms with Crippen LogP contribution in [0.5, 0.6) is 5.75 Å². The lowest BCUT2D eigenvalue weighted by atomic mass is 9.96. The van der Waals surface area contributed by atoms with Gasteiger partial charge in [0.05, 0.1) is 23.1 Å². The van der Waals surface area contributed by atoms with Crippen molar-refractivity contribution in [2.75, 3.05) is 31.6 Å². The highest BCUT2D eigenvalue weighted by Gasteiger charge is 2.26. The number of aromatic nitrogens is 2. The summed E-state index contributed by atoms with van der Waals surface area (Å²) in [5.74, 6) is -0.107. The molecule has 9 heteroatoms. The van der Waals surface area contributed by atoms with Crippen molar-refractivity contribution < 1.29 is 18.6 Å². The summed E-state index contributed by atoms with van der Waals surface area (Å²) in [6, 6.07) is 16.2. The average molecular weight is 563 g/mol. The molecule has 216 valence electrons. The zero-order chi connectivity index (χ0) is 28.9. The second kappa shape index (κ2) is 12.8. The first-order chi connectivity index (χ1) is 19.9. The summed E-state index contributed by atoms with van der Waals surface area (Å²) in [6.07, 6.45) is 3.06. The Labute approximate surface area is 238 Å². The van der Waals surface area contributed by atoms with E-state index in [9.17, 15) is 9.18 Å². The molecule has 2 unspecified atom stereocenters. The smallest absolute Gasteiger partial charge is 0.261 e. The maximum absolute atomic E-state index is 15.5. The topological polar surface area (TPSA) is 79.6 Å². The van der Waals surface area contributed by atoms with E-state index < -0.39 is 5.82 Å². The minimum Gasteiger partial charge on any atom is -0.491 e. The molecule has 1 saturated heterocycles. The Morgan fingerprint density at radius 2 is 1.88 bits per heavy atom. The van der Waals surface area contributed by atoms with Crippen molar-refractivity contribution in [2.45, 2.75) is 45.7 Å². The molecule has 0 bridgehead atoms. The van der Waals surface area contributed by atoms with Gasteiger partial charge in [0.1, 0.15) is 29.8 Å². The monoisotopic (exact) mass is 562 g/mol. The van der Waals surface area contributed by atoms with Gasteiger partial charge in [0.15, 0.2) is 0 Å². The molecule has 2 N–H and O–H groups in total. The number of hydrogen-bond donors (Lipinski definition) is 2. The summed E-state index contributed by atoms with van der Waals surface area (Å²) in [5.41, 5.74) is 1.78. The fourth-order valence-corrected chi connectivity index (χ4v) is 5.47. The standard InChI is InChI=1S/C32H36F2N4O3/c1-3-21(2)37-14-4-5-22(19-37)20-38-31(27-12-11-26(18-29(27)34)41-16-15-39)36-30-13-10-25(17-28(30)32(38)40)35-24-8-6-23(33)7-9-24/h6-13,17-18,21-22,35,39H,3-5,14-16,19-20H2,1-2H3. The highest BCUT2D eigenvalue weighted by Crippen LogP contribution is 2.29. The van der Waals surface area contributed by atoms with E-state index in [1.807, 2.05) is 0 Å². The number of piperidine rings is 1. The quantitative estimate of drug-likeness (QED) is 0.248. The Bertz CT molecular complexity index is 1560. The predicted molar refractivity (Wildman–Crippen MR) is 158 cm³/mol. The van der Waals surface area contributed by atoms with E-state index in [-0.39, 0.29) is 41.9 Å². The minimum absolute atomic E-state index is 0.0559. The second-order valence-electron chi connectivity index (χ2n) is 10.7. The lowest BCUT2D eigenvalue weighted by molar-refractivity contribution is 0.120. The maximum Gasteiger partial charge on any atom is 0.261 e. The zero-order valence-electron chi connectivity index (χ0n) is 23.4. The molecule has 0 spiro atoms. The number of ether oxygens (including phenoxy) is 1. The Kier molecular flexibility index (Phi) is 8.95. The summed E-state index contributed by atoms with van der Waals surface area (Å²) in [7, 11) is 0. The van der Waals surface area contributed by atoms with Crippen LogP contribution in [0.4, 0.5) is 20.2 Å². The molecule has 3 aromatic carbocycles. The van der Waals surface area contributed by atoms with Crippen LogP contribution in [0.25, 0.3) is 22.3 Å². The number of rotatable bonds is 10. The van der Waals surface area contributed by atoms with E-state index in [0.717, 1.165) is 32.4 Å². The molecule has 1 aromatic heterocycles. The molecule has 0 aliphatic carbocycles. The Morgan fingerprint density at radius 1 is 1.10 bits per heavy atom. The van der Waals surface area contributed by atoms with Gasteiger partial charge in [0.25, 0.3) is 5.56 Å². The minimum atomic E-state index is -0.556. The Balaban J connectivity index is 1.56. The van der Waals surface area contributed by atoms with Gasteiger partial charge in [-0.05, 0) is 93.2 Å². The Morgan fingerprint density at radius 3 is 2.61 bits per heavy atom. The molecule has 4 aromatic rings. The van der Waals surface area contributed by atoms with Crippen LogP contribution in [0.15, 0.2) is 65.5 Å². The first kappa shape index (κ1) is 28.7. The van der Waals surface area contributed by atoms with Crippen molar-refractivity contribution in [1.82, 2.24) is 14.5 Å². The van der Waals surface area contributed by atoms with Gasteiger partial charge in [-0.1, -0.05) is 6.92 Å². The van der Waals surface area contributed by atoms with E-state index in [0.29, 0.717) is 40.6 Å². The van der Waals surface area contributed by atoms with Crippen LogP contribution in [0.2, 0.25) is 0 Å². The lowest BCUT2D eigenvalue weighted by Crippen LogP contribution is -2.43. The average Bonchev–Trinajstić information content (AvgIpc) is 2.98. The second-order valence-corrected chi connectivity index (χ2v) is 10.7. The summed E-state index contributed by atoms with van der Waals surface area (Å²) in [5, 5.41) is 12.7. The molecule has 2 atom stereocenters. The first-order valence-electron chi connectivity index (χ1n) is 14.2. The van der Waals surface area contributed by atoms with Crippen LogP contribution in [-0.4, -0.2) is 51.9 Å². The van der Waals surface area contributed by atoms with Gasteiger partial charge >= 0.3 is 0 Å². The van der Waals surface area contributed by atoms with Crippen LogP contribution in [0, 0.1) is 17.6 Å². The van der Waals surface area contributed by atoms with Crippen molar-refractivity contribution in [3.05, 3.63) is 82.7 Å². The number of fused-ring (bicyclic) bond motifs is 1. The SMILES string of the molecule is CCC(C)N1CCCC(Cn2c(-c3ccc(OCCO)cc3F)nc3ccc(Nc4ccc(F)cc4)cc3c2=O)C1. The number of aliphatic hydroxyl groups is 1. The lowest BCUT2D eigenvalue weighted by Gasteiger charge is -2.37. The molecular weight excluding hydrogens is 526 g/mol. The number of halogens is 2. The molecule has 0 amide bonds.